The Hall–Kier alpha value is -0.620. The van der Waals surface area contributed by atoms with E-state index in [-0.39, 0.29) is 6.04 Å². The van der Waals surface area contributed by atoms with Crippen LogP contribution in [-0.4, -0.2) is 35.3 Å². The Balaban J connectivity index is 2.17. The smallest absolute Gasteiger partial charge is 0.0834 e. The van der Waals surface area contributed by atoms with Crippen LogP contribution in [0.5, 0.6) is 0 Å². The summed E-state index contributed by atoms with van der Waals surface area (Å²) in [5, 5.41) is 5.13. The Morgan fingerprint density at radius 3 is 2.75 bits per heavy atom. The van der Waals surface area contributed by atoms with Gasteiger partial charge in [-0.05, 0) is 32.9 Å². The largest absolute Gasteiger partial charge is 0.308 e. The topological polar surface area (TPSA) is 59.1 Å². The van der Waals surface area contributed by atoms with E-state index in [1.54, 1.807) is 6.20 Å². The molecule has 20 heavy (non-hydrogen) atoms. The summed E-state index contributed by atoms with van der Waals surface area (Å²) in [7, 11) is 4.12. The van der Waals surface area contributed by atoms with E-state index in [0.29, 0.717) is 5.92 Å². The normalized spacial score (nSPS) is 18.6. The minimum Gasteiger partial charge on any atom is -0.308 e. The number of halogens is 1. The second-order valence-corrected chi connectivity index (χ2v) is 6.35. The average Bonchev–Trinajstić information content (AvgIpc) is 2.80. The van der Waals surface area contributed by atoms with Crippen molar-refractivity contribution in [2.75, 3.05) is 20.6 Å². The van der Waals surface area contributed by atoms with E-state index in [2.05, 4.69) is 29.5 Å². The Morgan fingerprint density at radius 2 is 2.15 bits per heavy atom. The Bertz CT molecular complexity index is 412. The molecule has 1 aromatic rings. The first kappa shape index (κ1) is 15.8. The molecule has 1 heterocycles. The highest BCUT2D eigenvalue weighted by Crippen LogP contribution is 2.36. The standard InChI is InChI=1S/C14H26ClN5/c1-19(2)8-9-20-14(12(15)10-17-20)13(18-16)11-6-4-3-5-7-11/h10-11,13,18H,3-9,16H2,1-2H3. The van der Waals surface area contributed by atoms with E-state index in [9.17, 15) is 0 Å². The molecule has 5 nitrogen and oxygen atoms in total. The molecule has 1 fully saturated rings. The van der Waals surface area contributed by atoms with Gasteiger partial charge in [0.25, 0.3) is 0 Å². The van der Waals surface area contributed by atoms with Crippen LogP contribution in [0.2, 0.25) is 5.02 Å². The number of hydrogen-bond donors (Lipinski definition) is 2. The van der Waals surface area contributed by atoms with Gasteiger partial charge in [0.15, 0.2) is 0 Å². The molecule has 1 aromatic heterocycles. The predicted molar refractivity (Wildman–Crippen MR) is 82.4 cm³/mol. The number of nitrogens with two attached hydrogens (primary N) is 1. The van der Waals surface area contributed by atoms with Crippen LogP contribution in [0.3, 0.4) is 0 Å². The summed E-state index contributed by atoms with van der Waals surface area (Å²) < 4.78 is 2.00. The molecule has 1 unspecified atom stereocenters. The van der Waals surface area contributed by atoms with E-state index < -0.39 is 0 Å². The SMILES string of the molecule is CN(C)CCn1ncc(Cl)c1C(NN)C1CCCCC1. The zero-order chi connectivity index (χ0) is 14.5. The van der Waals surface area contributed by atoms with Gasteiger partial charge in [-0.1, -0.05) is 30.9 Å². The molecule has 114 valence electrons. The van der Waals surface area contributed by atoms with Crippen LogP contribution >= 0.6 is 11.6 Å². The van der Waals surface area contributed by atoms with Gasteiger partial charge in [0.1, 0.15) is 0 Å². The Kier molecular flexibility index (Phi) is 5.84. The zero-order valence-electron chi connectivity index (χ0n) is 12.5. The van der Waals surface area contributed by atoms with Gasteiger partial charge >= 0.3 is 0 Å². The highest BCUT2D eigenvalue weighted by Gasteiger charge is 2.28. The van der Waals surface area contributed by atoms with Gasteiger partial charge in [-0.2, -0.15) is 5.10 Å². The van der Waals surface area contributed by atoms with Crippen molar-refractivity contribution >= 4 is 11.6 Å². The first-order chi connectivity index (χ1) is 9.63. The zero-order valence-corrected chi connectivity index (χ0v) is 13.2. The van der Waals surface area contributed by atoms with Gasteiger partial charge in [0.05, 0.1) is 29.5 Å². The molecule has 0 bridgehead atoms. The van der Waals surface area contributed by atoms with E-state index in [4.69, 9.17) is 17.4 Å². The molecule has 0 saturated heterocycles. The van der Waals surface area contributed by atoms with Gasteiger partial charge in [0, 0.05) is 6.54 Å². The van der Waals surface area contributed by atoms with Gasteiger partial charge in [0.2, 0.25) is 0 Å². The van der Waals surface area contributed by atoms with Crippen molar-refractivity contribution in [2.45, 2.75) is 44.7 Å². The summed E-state index contributed by atoms with van der Waals surface area (Å²) in [6, 6.07) is 0.104. The summed E-state index contributed by atoms with van der Waals surface area (Å²) in [5.74, 6) is 6.38. The van der Waals surface area contributed by atoms with Crippen molar-refractivity contribution < 1.29 is 0 Å². The third-order valence-electron chi connectivity index (χ3n) is 4.19. The van der Waals surface area contributed by atoms with Crippen molar-refractivity contribution in [2.24, 2.45) is 11.8 Å². The number of aromatic nitrogens is 2. The molecular formula is C14H26ClN5. The van der Waals surface area contributed by atoms with Crippen LogP contribution in [0.25, 0.3) is 0 Å². The van der Waals surface area contributed by atoms with Crippen LogP contribution in [0.15, 0.2) is 6.20 Å². The second kappa shape index (κ2) is 7.41. The lowest BCUT2D eigenvalue weighted by atomic mass is 9.83. The van der Waals surface area contributed by atoms with Crippen molar-refractivity contribution in [3.05, 3.63) is 16.9 Å². The molecule has 6 heteroatoms. The van der Waals surface area contributed by atoms with Gasteiger partial charge in [-0.25, -0.2) is 0 Å². The molecule has 0 radical (unpaired) electrons. The summed E-state index contributed by atoms with van der Waals surface area (Å²) in [6.07, 6.45) is 8.06. The molecule has 2 rings (SSSR count). The molecule has 1 aliphatic carbocycles. The lowest BCUT2D eigenvalue weighted by molar-refractivity contribution is 0.259. The fourth-order valence-corrected chi connectivity index (χ4v) is 3.32. The molecular weight excluding hydrogens is 274 g/mol. The number of rotatable bonds is 6. The molecule has 0 spiro atoms. The van der Waals surface area contributed by atoms with Crippen LogP contribution in [0.4, 0.5) is 0 Å². The predicted octanol–water partition coefficient (Wildman–Crippen LogP) is 2.18. The summed E-state index contributed by atoms with van der Waals surface area (Å²) in [4.78, 5) is 2.14. The molecule has 3 N–H and O–H groups in total. The third-order valence-corrected chi connectivity index (χ3v) is 4.48. The van der Waals surface area contributed by atoms with Crippen LogP contribution < -0.4 is 11.3 Å². The van der Waals surface area contributed by atoms with Gasteiger partial charge in [-0.15, -0.1) is 0 Å². The molecule has 0 amide bonds. The van der Waals surface area contributed by atoms with Crippen molar-refractivity contribution in [3.63, 3.8) is 0 Å². The monoisotopic (exact) mass is 299 g/mol. The number of nitrogens with one attached hydrogen (secondary N) is 1. The van der Waals surface area contributed by atoms with E-state index in [0.717, 1.165) is 23.8 Å². The lowest BCUT2D eigenvalue weighted by Crippen LogP contribution is -2.36. The van der Waals surface area contributed by atoms with E-state index in [1.807, 2.05) is 4.68 Å². The minimum absolute atomic E-state index is 0.104. The maximum Gasteiger partial charge on any atom is 0.0834 e. The highest BCUT2D eigenvalue weighted by molar-refractivity contribution is 6.31. The number of hydrogen-bond acceptors (Lipinski definition) is 4. The first-order valence-electron chi connectivity index (χ1n) is 7.45. The average molecular weight is 300 g/mol. The van der Waals surface area contributed by atoms with Crippen molar-refractivity contribution in [3.8, 4) is 0 Å². The minimum atomic E-state index is 0.104. The Labute approximate surface area is 126 Å². The maximum atomic E-state index is 6.36. The number of nitrogens with zero attached hydrogens (tertiary/aromatic N) is 3. The lowest BCUT2D eigenvalue weighted by Gasteiger charge is -2.30. The van der Waals surface area contributed by atoms with E-state index >= 15 is 0 Å². The second-order valence-electron chi connectivity index (χ2n) is 5.95. The van der Waals surface area contributed by atoms with Crippen molar-refractivity contribution in [1.82, 2.24) is 20.1 Å². The Morgan fingerprint density at radius 1 is 1.45 bits per heavy atom. The summed E-state index contributed by atoms with van der Waals surface area (Å²) in [5.41, 5.74) is 4.03. The van der Waals surface area contributed by atoms with Gasteiger partial charge in [-0.3, -0.25) is 16.0 Å². The quantitative estimate of drug-likeness (QED) is 0.624. The third kappa shape index (κ3) is 3.73. The maximum absolute atomic E-state index is 6.36. The number of likely N-dealkylation sites (N-methyl/N-ethyl adjacent to an activating group) is 1. The summed E-state index contributed by atoms with van der Waals surface area (Å²) in [6.45, 7) is 1.77. The van der Waals surface area contributed by atoms with Crippen LogP contribution in [0.1, 0.15) is 43.8 Å². The van der Waals surface area contributed by atoms with Crippen LogP contribution in [-0.2, 0) is 6.54 Å². The van der Waals surface area contributed by atoms with Crippen LogP contribution in [0, 0.1) is 5.92 Å². The number of hydrazine groups is 1. The first-order valence-corrected chi connectivity index (χ1v) is 7.83. The molecule has 1 atom stereocenters. The molecule has 0 aromatic carbocycles. The molecule has 1 aliphatic rings. The van der Waals surface area contributed by atoms with E-state index in [1.165, 1.54) is 32.1 Å². The summed E-state index contributed by atoms with van der Waals surface area (Å²) >= 11 is 6.36. The molecule has 1 saturated carbocycles. The molecule has 0 aliphatic heterocycles. The fraction of sp³-hybridized carbons (Fsp3) is 0.786. The van der Waals surface area contributed by atoms with Crippen molar-refractivity contribution in [1.29, 1.82) is 0 Å². The highest BCUT2D eigenvalue weighted by atomic mass is 35.5. The van der Waals surface area contributed by atoms with Gasteiger partial charge < -0.3 is 4.90 Å². The fourth-order valence-electron chi connectivity index (χ4n) is 3.06.